The Kier molecular flexibility index (Phi) is 2.56. The molecule has 2 aliphatic rings. The van der Waals surface area contributed by atoms with E-state index < -0.39 is 0 Å². The summed E-state index contributed by atoms with van der Waals surface area (Å²) in [7, 11) is 1.93. The number of rotatable bonds is 0. The maximum Gasteiger partial charge on any atom is 0.229 e. The van der Waals surface area contributed by atoms with E-state index in [1.165, 1.54) is 0 Å². The summed E-state index contributed by atoms with van der Waals surface area (Å²) in [5, 5.41) is 0. The van der Waals surface area contributed by atoms with E-state index >= 15 is 0 Å². The van der Waals surface area contributed by atoms with Gasteiger partial charge in [-0.25, -0.2) is 0 Å². The molecule has 1 aliphatic carbocycles. The Morgan fingerprint density at radius 1 is 0.938 bits per heavy atom. The van der Waals surface area contributed by atoms with Gasteiger partial charge in [-0.2, -0.15) is 0 Å². The van der Waals surface area contributed by atoms with Gasteiger partial charge < -0.3 is 4.90 Å². The molecule has 94 valence electrons. The number of amides is 1. The first kappa shape index (κ1) is 13.5. The van der Waals surface area contributed by atoms with Crippen LogP contribution >= 0.6 is 0 Å². The third-order valence-corrected chi connectivity index (χ3v) is 6.23. The Morgan fingerprint density at radius 3 is 1.50 bits per heavy atom. The zero-order chi connectivity index (χ0) is 13.2. The van der Waals surface area contributed by atoms with Crippen molar-refractivity contribution in [2.75, 3.05) is 7.05 Å². The molecule has 1 heterocycles. The first-order valence-electron chi connectivity index (χ1n) is 6.35. The second-order valence-electron chi connectivity index (χ2n) is 6.30. The van der Waals surface area contributed by atoms with Crippen LogP contribution in [0.5, 0.6) is 0 Å². The zero-order valence-electron chi connectivity index (χ0n) is 12.4. The lowest BCUT2D eigenvalue weighted by atomic mass is 9.79. The lowest BCUT2D eigenvalue weighted by molar-refractivity contribution is -0.137. The van der Waals surface area contributed by atoms with Gasteiger partial charge in [-0.3, -0.25) is 4.79 Å². The van der Waals surface area contributed by atoms with Crippen molar-refractivity contribution in [3.05, 3.63) is 0 Å². The molecule has 0 bridgehead atoms. The van der Waals surface area contributed by atoms with Crippen LogP contribution in [0.3, 0.4) is 0 Å². The first-order valence-corrected chi connectivity index (χ1v) is 6.35. The van der Waals surface area contributed by atoms with Crippen molar-refractivity contribution in [2.45, 2.75) is 60.9 Å². The van der Waals surface area contributed by atoms with Gasteiger partial charge in [0.15, 0.2) is 0 Å². The van der Waals surface area contributed by atoms with Gasteiger partial charge in [0, 0.05) is 18.0 Å². The van der Waals surface area contributed by atoms with Gasteiger partial charge in [0.25, 0.3) is 0 Å². The molecule has 1 aliphatic heterocycles. The summed E-state index contributed by atoms with van der Waals surface area (Å²) >= 11 is 0. The van der Waals surface area contributed by atoms with E-state index in [0.717, 1.165) is 0 Å². The Morgan fingerprint density at radius 2 is 1.31 bits per heavy atom. The Balaban J connectivity index is 0.000000606. The number of likely N-dealkylation sites (tertiary alicyclic amines) is 1. The average Bonchev–Trinajstić information content (AvgIpc) is 2.56. The number of carbonyl (C=O) groups excluding carboxylic acids is 1. The molecule has 2 fully saturated rings. The van der Waals surface area contributed by atoms with Crippen molar-refractivity contribution >= 4 is 5.91 Å². The minimum Gasteiger partial charge on any atom is -0.340 e. The summed E-state index contributed by atoms with van der Waals surface area (Å²) in [5.74, 6) is 0.315. The van der Waals surface area contributed by atoms with Gasteiger partial charge in [0.05, 0.1) is 5.41 Å². The molecule has 2 heteroatoms. The van der Waals surface area contributed by atoms with Crippen LogP contribution < -0.4 is 0 Å². The maximum atomic E-state index is 12.2. The van der Waals surface area contributed by atoms with E-state index in [4.69, 9.17) is 0 Å². The van der Waals surface area contributed by atoms with E-state index in [-0.39, 0.29) is 21.8 Å². The SMILES string of the molecule is CC.CN1C(=O)C2(C)C(C)(C)C2(C)C1(C)C. The number of piperidine rings is 1. The summed E-state index contributed by atoms with van der Waals surface area (Å²) in [5.41, 5.74) is 0.0620. The van der Waals surface area contributed by atoms with Gasteiger partial charge in [-0.1, -0.05) is 34.6 Å². The van der Waals surface area contributed by atoms with Crippen LogP contribution in [0.4, 0.5) is 0 Å². The highest BCUT2D eigenvalue weighted by molar-refractivity contribution is 5.93. The fourth-order valence-electron chi connectivity index (χ4n) is 4.13. The molecule has 16 heavy (non-hydrogen) atoms. The highest BCUT2D eigenvalue weighted by Crippen LogP contribution is 2.85. The van der Waals surface area contributed by atoms with Crippen molar-refractivity contribution in [3.63, 3.8) is 0 Å². The largest absolute Gasteiger partial charge is 0.340 e. The molecule has 0 spiro atoms. The van der Waals surface area contributed by atoms with E-state index in [1.807, 2.05) is 25.8 Å². The molecule has 0 N–H and O–H groups in total. The van der Waals surface area contributed by atoms with Crippen molar-refractivity contribution in [3.8, 4) is 0 Å². The Bertz CT molecular complexity index is 332. The standard InChI is InChI=1S/C12H21NO.C2H6/c1-9(2)11(5)8(14)13(7)10(3,4)12(9,11)6;1-2/h1-7H3;1-2H3. The van der Waals surface area contributed by atoms with Crippen LogP contribution in [0.25, 0.3) is 0 Å². The van der Waals surface area contributed by atoms with Crippen LogP contribution in [0.1, 0.15) is 55.4 Å². The first-order chi connectivity index (χ1) is 7.07. The predicted molar refractivity (Wildman–Crippen MR) is 68.2 cm³/mol. The highest BCUT2D eigenvalue weighted by Gasteiger charge is 2.90. The maximum absolute atomic E-state index is 12.2. The summed E-state index contributed by atoms with van der Waals surface area (Å²) in [6, 6.07) is 0. The van der Waals surface area contributed by atoms with E-state index in [2.05, 4.69) is 41.5 Å². The van der Waals surface area contributed by atoms with Gasteiger partial charge in [0.2, 0.25) is 5.91 Å². The molecule has 2 rings (SSSR count). The van der Waals surface area contributed by atoms with Gasteiger partial charge in [-0.15, -0.1) is 0 Å². The van der Waals surface area contributed by atoms with Crippen LogP contribution in [0.15, 0.2) is 0 Å². The molecule has 1 saturated heterocycles. The normalized spacial score (nSPS) is 42.3. The van der Waals surface area contributed by atoms with Crippen LogP contribution in [-0.2, 0) is 4.79 Å². The molecule has 0 aromatic carbocycles. The van der Waals surface area contributed by atoms with Crippen molar-refractivity contribution in [1.29, 1.82) is 0 Å². The minimum absolute atomic E-state index is 0.0255. The average molecular weight is 225 g/mol. The fraction of sp³-hybridized carbons (Fsp3) is 0.929. The third kappa shape index (κ3) is 0.856. The molecule has 1 saturated carbocycles. The number of hydrogen-bond donors (Lipinski definition) is 0. The molecule has 1 amide bonds. The molecular formula is C14H27NO. The monoisotopic (exact) mass is 225 g/mol. The zero-order valence-corrected chi connectivity index (χ0v) is 12.4. The van der Waals surface area contributed by atoms with Crippen molar-refractivity contribution in [2.24, 2.45) is 16.2 Å². The summed E-state index contributed by atoms with van der Waals surface area (Å²) < 4.78 is 0. The Hall–Kier alpha value is -0.530. The smallest absolute Gasteiger partial charge is 0.229 e. The molecular weight excluding hydrogens is 198 g/mol. The van der Waals surface area contributed by atoms with Crippen LogP contribution in [0, 0.1) is 16.2 Å². The fourth-order valence-corrected chi connectivity index (χ4v) is 4.13. The number of fused-ring (bicyclic) bond motifs is 1. The minimum atomic E-state index is -0.155. The number of nitrogens with zero attached hydrogens (tertiary/aromatic N) is 1. The van der Waals surface area contributed by atoms with Gasteiger partial charge >= 0.3 is 0 Å². The molecule has 0 aromatic heterocycles. The van der Waals surface area contributed by atoms with Gasteiger partial charge in [0.1, 0.15) is 0 Å². The summed E-state index contributed by atoms with van der Waals surface area (Å²) in [6.45, 7) is 17.2. The second-order valence-corrected chi connectivity index (χ2v) is 6.30. The topological polar surface area (TPSA) is 20.3 Å². The lowest BCUT2D eigenvalue weighted by Crippen LogP contribution is -2.48. The number of hydrogen-bond acceptors (Lipinski definition) is 1. The van der Waals surface area contributed by atoms with E-state index in [0.29, 0.717) is 5.91 Å². The quantitative estimate of drug-likeness (QED) is 0.619. The van der Waals surface area contributed by atoms with Crippen LogP contribution in [-0.4, -0.2) is 23.4 Å². The van der Waals surface area contributed by atoms with E-state index in [9.17, 15) is 4.79 Å². The van der Waals surface area contributed by atoms with Crippen molar-refractivity contribution < 1.29 is 4.79 Å². The van der Waals surface area contributed by atoms with Crippen molar-refractivity contribution in [1.82, 2.24) is 4.90 Å². The lowest BCUT2D eigenvalue weighted by Gasteiger charge is -2.39. The molecule has 0 radical (unpaired) electrons. The number of carbonyl (C=O) groups is 1. The molecule has 0 aromatic rings. The second kappa shape index (κ2) is 3.02. The predicted octanol–water partition coefficient (Wildman–Crippen LogP) is 3.32. The summed E-state index contributed by atoms with van der Waals surface area (Å²) in [6.07, 6.45) is 0. The van der Waals surface area contributed by atoms with Gasteiger partial charge in [-0.05, 0) is 26.2 Å². The van der Waals surface area contributed by atoms with Crippen LogP contribution in [0.2, 0.25) is 0 Å². The molecule has 2 nitrogen and oxygen atoms in total. The molecule has 2 unspecified atom stereocenters. The highest BCUT2D eigenvalue weighted by atomic mass is 16.2. The third-order valence-electron chi connectivity index (χ3n) is 6.23. The molecule has 2 atom stereocenters. The summed E-state index contributed by atoms with van der Waals surface area (Å²) in [4.78, 5) is 14.2. The van der Waals surface area contributed by atoms with E-state index in [1.54, 1.807) is 0 Å². The Labute approximate surface area is 100 Å².